The topological polar surface area (TPSA) is 18.5 Å². The fraction of sp³-hybridized carbons (Fsp3) is 0.429. The van der Waals surface area contributed by atoms with Crippen LogP contribution in [0.4, 0.5) is 0 Å². The number of benzene rings is 2. The molecule has 3 rings (SSSR count). The lowest BCUT2D eigenvalue weighted by Gasteiger charge is -2.41. The van der Waals surface area contributed by atoms with Crippen LogP contribution in [0.5, 0.6) is 11.5 Å². The highest BCUT2D eigenvalue weighted by Crippen LogP contribution is 2.44. The molecule has 1 aliphatic rings. The zero-order chi connectivity index (χ0) is 16.8. The van der Waals surface area contributed by atoms with Crippen molar-refractivity contribution >= 4 is 0 Å². The van der Waals surface area contributed by atoms with E-state index in [1.165, 1.54) is 27.8 Å². The minimum atomic E-state index is -0.228. The van der Waals surface area contributed by atoms with Gasteiger partial charge in [0.15, 0.2) is 0 Å². The van der Waals surface area contributed by atoms with E-state index in [9.17, 15) is 0 Å². The van der Waals surface area contributed by atoms with Crippen molar-refractivity contribution in [3.63, 3.8) is 0 Å². The van der Waals surface area contributed by atoms with Crippen LogP contribution in [-0.2, 0) is 6.42 Å². The lowest BCUT2D eigenvalue weighted by molar-refractivity contribution is 0.0610. The minimum absolute atomic E-state index is 0.228. The van der Waals surface area contributed by atoms with Crippen LogP contribution in [0.3, 0.4) is 0 Å². The second-order valence-electron chi connectivity index (χ2n) is 7.16. The molecule has 23 heavy (non-hydrogen) atoms. The van der Waals surface area contributed by atoms with Crippen LogP contribution in [0.25, 0.3) is 0 Å². The first-order valence-electron chi connectivity index (χ1n) is 8.26. The Hall–Kier alpha value is -1.96. The van der Waals surface area contributed by atoms with Crippen LogP contribution >= 0.6 is 0 Å². The lowest BCUT2D eigenvalue weighted by atomic mass is 9.75. The third-order valence-corrected chi connectivity index (χ3v) is 5.38. The monoisotopic (exact) mass is 310 g/mol. The average Bonchev–Trinajstić information content (AvgIpc) is 2.51. The Balaban J connectivity index is 2.07. The highest BCUT2D eigenvalue weighted by atomic mass is 16.5. The van der Waals surface area contributed by atoms with E-state index in [-0.39, 0.29) is 5.60 Å². The number of fused-ring (bicyclic) bond motifs is 1. The molecule has 1 atom stereocenters. The van der Waals surface area contributed by atoms with Gasteiger partial charge in [0.2, 0.25) is 0 Å². The van der Waals surface area contributed by atoms with Crippen molar-refractivity contribution in [3.8, 4) is 11.5 Å². The van der Waals surface area contributed by atoms with Crippen LogP contribution in [0.15, 0.2) is 30.3 Å². The average molecular weight is 310 g/mol. The maximum absolute atomic E-state index is 6.36. The van der Waals surface area contributed by atoms with E-state index >= 15 is 0 Å². The summed E-state index contributed by atoms with van der Waals surface area (Å²) in [5.41, 5.74) is 6.52. The van der Waals surface area contributed by atoms with Crippen LogP contribution in [0.2, 0.25) is 0 Å². The van der Waals surface area contributed by atoms with Gasteiger partial charge < -0.3 is 9.47 Å². The third-order valence-electron chi connectivity index (χ3n) is 5.38. The van der Waals surface area contributed by atoms with Gasteiger partial charge in [-0.3, -0.25) is 0 Å². The Morgan fingerprint density at radius 3 is 2.48 bits per heavy atom. The molecule has 0 aromatic heterocycles. The Kier molecular flexibility index (Phi) is 3.87. The van der Waals surface area contributed by atoms with Gasteiger partial charge in [-0.25, -0.2) is 0 Å². The van der Waals surface area contributed by atoms with Gasteiger partial charge in [0.1, 0.15) is 17.1 Å². The van der Waals surface area contributed by atoms with Gasteiger partial charge in [0.05, 0.1) is 7.11 Å². The fourth-order valence-corrected chi connectivity index (χ4v) is 3.60. The number of rotatable bonds is 2. The van der Waals surface area contributed by atoms with Crippen molar-refractivity contribution in [1.29, 1.82) is 0 Å². The molecule has 2 heteroatoms. The molecule has 0 saturated carbocycles. The third kappa shape index (κ3) is 2.71. The highest BCUT2D eigenvalue weighted by Gasteiger charge is 2.38. The Labute approximate surface area is 139 Å². The first-order chi connectivity index (χ1) is 10.8. The molecule has 0 amide bonds. The summed E-state index contributed by atoms with van der Waals surface area (Å²) < 4.78 is 11.7. The van der Waals surface area contributed by atoms with Crippen molar-refractivity contribution in [2.45, 2.75) is 52.6 Å². The van der Waals surface area contributed by atoms with Crippen LogP contribution in [0.1, 0.15) is 47.6 Å². The maximum atomic E-state index is 6.36. The van der Waals surface area contributed by atoms with Crippen molar-refractivity contribution < 1.29 is 9.47 Å². The SMILES string of the molecule is COc1ccc2c(c1)CC(c1ccc(C)c(C)c1C)C(C)(C)O2. The largest absolute Gasteiger partial charge is 0.497 e. The molecule has 2 aromatic carbocycles. The van der Waals surface area contributed by atoms with Gasteiger partial charge in [-0.1, -0.05) is 12.1 Å². The molecule has 0 radical (unpaired) electrons. The van der Waals surface area contributed by atoms with Crippen molar-refractivity contribution in [3.05, 3.63) is 58.1 Å². The number of hydrogen-bond acceptors (Lipinski definition) is 2. The molecular weight excluding hydrogens is 284 g/mol. The Morgan fingerprint density at radius 2 is 1.78 bits per heavy atom. The van der Waals surface area contributed by atoms with E-state index in [1.807, 2.05) is 12.1 Å². The first kappa shape index (κ1) is 15.9. The summed E-state index contributed by atoms with van der Waals surface area (Å²) in [5, 5.41) is 0. The van der Waals surface area contributed by atoms with Crippen molar-refractivity contribution in [2.75, 3.05) is 7.11 Å². The molecule has 0 fully saturated rings. The molecule has 0 aliphatic carbocycles. The zero-order valence-electron chi connectivity index (χ0n) is 15.0. The normalized spacial score (nSPS) is 19.0. The molecule has 0 bridgehead atoms. The summed E-state index contributed by atoms with van der Waals surface area (Å²) in [6.07, 6.45) is 0.975. The molecule has 2 aromatic rings. The molecule has 0 saturated heterocycles. The van der Waals surface area contributed by atoms with E-state index in [0.717, 1.165) is 17.9 Å². The predicted octanol–water partition coefficient (Wildman–Crippen LogP) is 5.12. The van der Waals surface area contributed by atoms with Crippen LogP contribution in [0, 0.1) is 20.8 Å². The van der Waals surface area contributed by atoms with Crippen LogP contribution in [-0.4, -0.2) is 12.7 Å². The van der Waals surface area contributed by atoms with Crippen molar-refractivity contribution in [2.24, 2.45) is 0 Å². The van der Waals surface area contributed by atoms with E-state index in [4.69, 9.17) is 9.47 Å². The standard InChI is InChI=1S/C21H26O2/c1-13-7-9-18(15(3)14(13)2)19-12-16-11-17(22-6)8-10-20(16)23-21(19,4)5/h7-11,19H,12H2,1-6H3. The molecular formula is C21H26O2. The fourth-order valence-electron chi connectivity index (χ4n) is 3.60. The molecule has 2 nitrogen and oxygen atoms in total. The van der Waals surface area contributed by atoms with Gasteiger partial charge >= 0.3 is 0 Å². The van der Waals surface area contributed by atoms with E-state index in [2.05, 4.69) is 52.8 Å². The minimum Gasteiger partial charge on any atom is -0.497 e. The number of hydrogen-bond donors (Lipinski definition) is 0. The molecule has 1 unspecified atom stereocenters. The maximum Gasteiger partial charge on any atom is 0.123 e. The summed E-state index contributed by atoms with van der Waals surface area (Å²) in [4.78, 5) is 0. The van der Waals surface area contributed by atoms with Gasteiger partial charge in [-0.15, -0.1) is 0 Å². The molecule has 0 spiro atoms. The predicted molar refractivity (Wildman–Crippen MR) is 94.8 cm³/mol. The summed E-state index contributed by atoms with van der Waals surface area (Å²) in [6.45, 7) is 11.0. The quantitative estimate of drug-likeness (QED) is 0.766. The van der Waals surface area contributed by atoms with E-state index in [1.54, 1.807) is 7.11 Å². The molecule has 122 valence electrons. The molecule has 1 aliphatic heterocycles. The zero-order valence-corrected chi connectivity index (χ0v) is 15.0. The highest BCUT2D eigenvalue weighted by molar-refractivity contribution is 5.47. The second kappa shape index (κ2) is 5.59. The smallest absolute Gasteiger partial charge is 0.123 e. The number of ether oxygens (including phenoxy) is 2. The van der Waals surface area contributed by atoms with Gasteiger partial charge in [0, 0.05) is 5.92 Å². The lowest BCUT2D eigenvalue weighted by Crippen LogP contribution is -2.41. The summed E-state index contributed by atoms with van der Waals surface area (Å²) in [6, 6.07) is 10.6. The molecule has 1 heterocycles. The van der Waals surface area contributed by atoms with E-state index in [0.29, 0.717) is 5.92 Å². The van der Waals surface area contributed by atoms with Crippen molar-refractivity contribution in [1.82, 2.24) is 0 Å². The van der Waals surface area contributed by atoms with Gasteiger partial charge in [-0.2, -0.15) is 0 Å². The second-order valence-corrected chi connectivity index (χ2v) is 7.16. The summed E-state index contributed by atoms with van der Waals surface area (Å²) >= 11 is 0. The molecule has 0 N–H and O–H groups in total. The van der Waals surface area contributed by atoms with Gasteiger partial charge in [-0.05, 0) is 87.1 Å². The number of methoxy groups -OCH3 is 1. The summed E-state index contributed by atoms with van der Waals surface area (Å²) in [5.74, 6) is 2.21. The Morgan fingerprint density at radius 1 is 1.04 bits per heavy atom. The first-order valence-corrected chi connectivity index (χ1v) is 8.26. The van der Waals surface area contributed by atoms with Crippen LogP contribution < -0.4 is 9.47 Å². The van der Waals surface area contributed by atoms with E-state index < -0.39 is 0 Å². The Bertz CT molecular complexity index is 744. The summed E-state index contributed by atoms with van der Waals surface area (Å²) in [7, 11) is 1.71. The number of aryl methyl sites for hydroxylation is 1. The van der Waals surface area contributed by atoms with Gasteiger partial charge in [0.25, 0.3) is 0 Å².